The van der Waals surface area contributed by atoms with Crippen molar-refractivity contribution in [3.8, 4) is 5.69 Å². The van der Waals surface area contributed by atoms with E-state index in [2.05, 4.69) is 5.10 Å². The highest BCUT2D eigenvalue weighted by Crippen LogP contribution is 2.34. The summed E-state index contributed by atoms with van der Waals surface area (Å²) in [5.74, 6) is -0.768. The molecule has 0 saturated heterocycles. The summed E-state index contributed by atoms with van der Waals surface area (Å²) in [6.07, 6.45) is -3.81. The minimum Gasteiger partial charge on any atom is -0.345 e. The number of hydrogen-bond acceptors (Lipinski definition) is 2. The molecule has 0 aliphatic rings. The molecular formula is C13H11ClF3N3O. The largest absolute Gasteiger partial charge is 0.434 e. The van der Waals surface area contributed by atoms with Crippen LogP contribution >= 0.6 is 11.6 Å². The summed E-state index contributed by atoms with van der Waals surface area (Å²) in [5.41, 5.74) is -1.50. The van der Waals surface area contributed by atoms with E-state index in [0.29, 0.717) is 4.68 Å². The van der Waals surface area contributed by atoms with Crippen LogP contribution in [-0.4, -0.2) is 34.7 Å². The van der Waals surface area contributed by atoms with E-state index in [1.165, 1.54) is 38.4 Å². The molecule has 0 N–H and O–H groups in total. The van der Waals surface area contributed by atoms with Crippen molar-refractivity contribution >= 4 is 17.5 Å². The SMILES string of the molecule is CN(C)C(=O)c1cnn(-c2cccc(Cl)c2)c1C(F)(F)F. The van der Waals surface area contributed by atoms with Crippen LogP contribution < -0.4 is 0 Å². The summed E-state index contributed by atoms with van der Waals surface area (Å²) in [7, 11) is 2.75. The molecule has 2 aromatic rings. The van der Waals surface area contributed by atoms with Crippen molar-refractivity contribution in [1.82, 2.24) is 14.7 Å². The van der Waals surface area contributed by atoms with E-state index >= 15 is 0 Å². The number of nitrogens with zero attached hydrogens (tertiary/aromatic N) is 3. The molecule has 2 rings (SSSR count). The highest BCUT2D eigenvalue weighted by molar-refractivity contribution is 6.30. The minimum absolute atomic E-state index is 0.132. The van der Waals surface area contributed by atoms with E-state index < -0.39 is 23.3 Å². The highest BCUT2D eigenvalue weighted by atomic mass is 35.5. The van der Waals surface area contributed by atoms with Gasteiger partial charge < -0.3 is 4.90 Å². The zero-order valence-electron chi connectivity index (χ0n) is 11.1. The lowest BCUT2D eigenvalue weighted by atomic mass is 10.2. The number of benzene rings is 1. The van der Waals surface area contributed by atoms with Gasteiger partial charge in [-0.1, -0.05) is 17.7 Å². The Morgan fingerprint density at radius 3 is 2.52 bits per heavy atom. The molecule has 8 heteroatoms. The summed E-state index contributed by atoms with van der Waals surface area (Å²) in [6, 6.07) is 5.81. The molecule has 0 bridgehead atoms. The minimum atomic E-state index is -4.72. The smallest absolute Gasteiger partial charge is 0.345 e. The fourth-order valence-corrected chi connectivity index (χ4v) is 2.01. The van der Waals surface area contributed by atoms with Crippen LogP contribution in [0.15, 0.2) is 30.5 Å². The van der Waals surface area contributed by atoms with Crippen molar-refractivity contribution in [2.24, 2.45) is 0 Å². The molecule has 0 fully saturated rings. The number of aromatic nitrogens is 2. The van der Waals surface area contributed by atoms with Crippen LogP contribution in [-0.2, 0) is 6.18 Å². The predicted octanol–water partition coefficient (Wildman–Crippen LogP) is 3.25. The van der Waals surface area contributed by atoms with E-state index in [1.807, 2.05) is 0 Å². The van der Waals surface area contributed by atoms with Gasteiger partial charge in [0.15, 0.2) is 5.69 Å². The van der Waals surface area contributed by atoms with Gasteiger partial charge in [-0.15, -0.1) is 0 Å². The second kappa shape index (κ2) is 5.40. The number of alkyl halides is 3. The molecule has 112 valence electrons. The summed E-state index contributed by atoms with van der Waals surface area (Å²) in [6.45, 7) is 0. The van der Waals surface area contributed by atoms with Gasteiger partial charge in [-0.2, -0.15) is 18.3 Å². The third-order valence-corrected chi connectivity index (χ3v) is 2.96. The lowest BCUT2D eigenvalue weighted by Crippen LogP contribution is -2.25. The van der Waals surface area contributed by atoms with Crippen molar-refractivity contribution in [2.45, 2.75) is 6.18 Å². The van der Waals surface area contributed by atoms with Gasteiger partial charge in [0.2, 0.25) is 0 Å². The summed E-state index contributed by atoms with van der Waals surface area (Å²) in [4.78, 5) is 12.9. The molecule has 0 aliphatic carbocycles. The maximum atomic E-state index is 13.3. The second-order valence-corrected chi connectivity index (χ2v) is 4.93. The standard InChI is InChI=1S/C13H11ClF3N3O/c1-19(2)12(21)10-7-18-20(11(10)13(15,16)17)9-5-3-4-8(14)6-9/h3-7H,1-2H3. The Kier molecular flexibility index (Phi) is 3.95. The van der Waals surface area contributed by atoms with Crippen LogP contribution in [0.1, 0.15) is 16.1 Å². The molecular weight excluding hydrogens is 307 g/mol. The van der Waals surface area contributed by atoms with Crippen molar-refractivity contribution in [3.63, 3.8) is 0 Å². The van der Waals surface area contributed by atoms with E-state index in [0.717, 1.165) is 11.1 Å². The van der Waals surface area contributed by atoms with E-state index in [1.54, 1.807) is 0 Å². The molecule has 1 heterocycles. The van der Waals surface area contributed by atoms with Crippen molar-refractivity contribution < 1.29 is 18.0 Å². The molecule has 0 aliphatic heterocycles. The van der Waals surface area contributed by atoms with E-state index in [-0.39, 0.29) is 10.7 Å². The van der Waals surface area contributed by atoms with Gasteiger partial charge in [0.25, 0.3) is 5.91 Å². The highest BCUT2D eigenvalue weighted by Gasteiger charge is 2.40. The summed E-state index contributed by atoms with van der Waals surface area (Å²) >= 11 is 5.78. The van der Waals surface area contributed by atoms with Gasteiger partial charge in [0.05, 0.1) is 17.4 Å². The molecule has 0 atom stereocenters. The number of amides is 1. The first kappa shape index (κ1) is 15.4. The lowest BCUT2D eigenvalue weighted by molar-refractivity contribution is -0.143. The summed E-state index contributed by atoms with van der Waals surface area (Å²) in [5, 5.41) is 3.96. The van der Waals surface area contributed by atoms with Crippen LogP contribution in [0.25, 0.3) is 5.69 Å². The zero-order valence-corrected chi connectivity index (χ0v) is 11.9. The molecule has 4 nitrogen and oxygen atoms in total. The van der Waals surface area contributed by atoms with Gasteiger partial charge in [-0.3, -0.25) is 4.79 Å². The summed E-state index contributed by atoms with van der Waals surface area (Å²) < 4.78 is 40.5. The topological polar surface area (TPSA) is 38.1 Å². The molecule has 21 heavy (non-hydrogen) atoms. The molecule has 0 spiro atoms. The monoisotopic (exact) mass is 317 g/mol. The van der Waals surface area contributed by atoms with Gasteiger partial charge in [-0.25, -0.2) is 4.68 Å². The van der Waals surface area contributed by atoms with Crippen molar-refractivity contribution in [2.75, 3.05) is 14.1 Å². The fourth-order valence-electron chi connectivity index (χ4n) is 1.82. The van der Waals surface area contributed by atoms with Crippen LogP contribution in [0.2, 0.25) is 5.02 Å². The Morgan fingerprint density at radius 2 is 2.00 bits per heavy atom. The van der Waals surface area contributed by atoms with Crippen LogP contribution in [0.3, 0.4) is 0 Å². The Hall–Kier alpha value is -2.02. The third kappa shape index (κ3) is 3.02. The van der Waals surface area contributed by atoms with Crippen LogP contribution in [0.5, 0.6) is 0 Å². The lowest BCUT2D eigenvalue weighted by Gasteiger charge is -2.14. The van der Waals surface area contributed by atoms with Gasteiger partial charge in [-0.05, 0) is 18.2 Å². The number of halogens is 4. The second-order valence-electron chi connectivity index (χ2n) is 4.50. The first-order chi connectivity index (χ1) is 9.71. The van der Waals surface area contributed by atoms with Gasteiger partial charge >= 0.3 is 6.18 Å². The average Bonchev–Trinajstić information content (AvgIpc) is 2.82. The Bertz CT molecular complexity index is 680. The normalized spacial score (nSPS) is 11.5. The fraction of sp³-hybridized carbons (Fsp3) is 0.231. The average molecular weight is 318 g/mol. The predicted molar refractivity (Wildman–Crippen MR) is 71.6 cm³/mol. The third-order valence-electron chi connectivity index (χ3n) is 2.73. The molecule has 0 unspecified atom stereocenters. The quantitative estimate of drug-likeness (QED) is 0.853. The number of rotatable bonds is 2. The van der Waals surface area contributed by atoms with E-state index in [9.17, 15) is 18.0 Å². The molecule has 1 amide bonds. The van der Waals surface area contributed by atoms with Crippen molar-refractivity contribution in [3.05, 3.63) is 46.7 Å². The molecule has 0 saturated carbocycles. The molecule has 0 radical (unpaired) electrons. The first-order valence-corrected chi connectivity index (χ1v) is 6.22. The zero-order chi connectivity index (χ0) is 15.8. The van der Waals surface area contributed by atoms with Gasteiger partial charge in [0, 0.05) is 19.1 Å². The maximum absolute atomic E-state index is 13.3. The number of carbonyl (C=O) groups excluding carboxylic acids is 1. The van der Waals surface area contributed by atoms with Gasteiger partial charge in [0.1, 0.15) is 0 Å². The Labute approximate surface area is 123 Å². The molecule has 1 aromatic carbocycles. The number of carbonyl (C=O) groups is 1. The van der Waals surface area contributed by atoms with Crippen molar-refractivity contribution in [1.29, 1.82) is 0 Å². The van der Waals surface area contributed by atoms with Crippen LogP contribution in [0, 0.1) is 0 Å². The van der Waals surface area contributed by atoms with E-state index in [4.69, 9.17) is 11.6 Å². The Morgan fingerprint density at radius 1 is 1.33 bits per heavy atom. The first-order valence-electron chi connectivity index (χ1n) is 5.84. The van der Waals surface area contributed by atoms with Crippen LogP contribution in [0.4, 0.5) is 13.2 Å². The number of hydrogen-bond donors (Lipinski definition) is 0. The molecule has 1 aromatic heterocycles. The maximum Gasteiger partial charge on any atom is 0.434 e. The Balaban J connectivity index is 2.66.